The molecule has 2 amide bonds. The first kappa shape index (κ1) is 19.2. The molecule has 152 valence electrons. The minimum Gasteiger partial charge on any atom is -0.463 e. The minimum atomic E-state index is -0.672. The summed E-state index contributed by atoms with van der Waals surface area (Å²) in [5.41, 5.74) is 1.54. The summed E-state index contributed by atoms with van der Waals surface area (Å²) < 4.78 is 17.9. The van der Waals surface area contributed by atoms with Crippen LogP contribution in [0.3, 0.4) is 0 Å². The van der Waals surface area contributed by atoms with Gasteiger partial charge >= 0.3 is 12.0 Å². The first-order valence-electron chi connectivity index (χ1n) is 9.04. The number of imidazole rings is 1. The Morgan fingerprint density at radius 2 is 2.21 bits per heavy atom. The summed E-state index contributed by atoms with van der Waals surface area (Å²) in [6.45, 7) is 2.11. The van der Waals surface area contributed by atoms with Gasteiger partial charge in [-0.05, 0) is 24.6 Å². The molecule has 0 aliphatic carbocycles. The second-order valence-corrected chi connectivity index (χ2v) is 7.31. The number of hydrogen-bond acceptors (Lipinski definition) is 7. The number of aromatic nitrogens is 2. The third kappa shape index (κ3) is 3.88. The van der Waals surface area contributed by atoms with E-state index >= 15 is 0 Å². The average Bonchev–Trinajstić information content (AvgIpc) is 3.33. The smallest absolute Gasteiger partial charge is 0.338 e. The Kier molecular flexibility index (Phi) is 5.34. The summed E-state index contributed by atoms with van der Waals surface area (Å²) in [6, 6.07) is 4.26. The van der Waals surface area contributed by atoms with Crippen LogP contribution >= 0.6 is 11.8 Å². The quantitative estimate of drug-likeness (QED) is 0.549. The second kappa shape index (κ2) is 8.08. The van der Waals surface area contributed by atoms with E-state index in [1.54, 1.807) is 31.3 Å². The number of nitrogens with one attached hydrogen (secondary N) is 2. The van der Waals surface area contributed by atoms with Crippen molar-refractivity contribution in [1.82, 2.24) is 20.2 Å². The Hall–Kier alpha value is -3.14. The number of urea groups is 1. The van der Waals surface area contributed by atoms with E-state index in [-0.39, 0.29) is 13.4 Å². The number of fused-ring (bicyclic) bond motifs is 1. The van der Waals surface area contributed by atoms with Crippen molar-refractivity contribution < 1.29 is 23.8 Å². The van der Waals surface area contributed by atoms with Crippen molar-refractivity contribution in [3.05, 3.63) is 47.4 Å². The first-order valence-corrected chi connectivity index (χ1v) is 10.0. The molecular weight excluding hydrogens is 396 g/mol. The standard InChI is InChI=1S/C19H20N4O5S/c1-3-26-17(24)15-12(9-29-19-20-6-7-23(19)2)21-18(25)22-16(15)11-4-5-13-14(8-11)28-10-27-13/h4-8,16H,3,9-10H2,1-2H3,(H2,21,22,25)/t16-/m1/s1. The van der Waals surface area contributed by atoms with Gasteiger partial charge in [0.25, 0.3) is 0 Å². The van der Waals surface area contributed by atoms with E-state index in [2.05, 4.69) is 15.6 Å². The highest BCUT2D eigenvalue weighted by atomic mass is 32.2. The van der Waals surface area contributed by atoms with Crippen LogP contribution in [0.2, 0.25) is 0 Å². The zero-order valence-corrected chi connectivity index (χ0v) is 16.7. The lowest BCUT2D eigenvalue weighted by Gasteiger charge is -2.29. The van der Waals surface area contributed by atoms with Crippen LogP contribution in [-0.2, 0) is 16.6 Å². The molecule has 0 saturated heterocycles. The van der Waals surface area contributed by atoms with Gasteiger partial charge in [-0.15, -0.1) is 0 Å². The molecule has 0 saturated carbocycles. The van der Waals surface area contributed by atoms with Crippen LogP contribution in [0.4, 0.5) is 4.79 Å². The Morgan fingerprint density at radius 3 is 2.97 bits per heavy atom. The molecule has 0 radical (unpaired) electrons. The number of ether oxygens (including phenoxy) is 3. The molecule has 3 heterocycles. The van der Waals surface area contributed by atoms with Crippen molar-refractivity contribution in [3.63, 3.8) is 0 Å². The van der Waals surface area contributed by atoms with Gasteiger partial charge in [-0.3, -0.25) is 0 Å². The highest BCUT2D eigenvalue weighted by molar-refractivity contribution is 7.99. The molecule has 10 heteroatoms. The van der Waals surface area contributed by atoms with Crippen molar-refractivity contribution in [3.8, 4) is 11.5 Å². The molecule has 2 aromatic rings. The molecule has 0 bridgehead atoms. The molecule has 0 fully saturated rings. The van der Waals surface area contributed by atoms with E-state index in [1.165, 1.54) is 11.8 Å². The van der Waals surface area contributed by atoms with E-state index < -0.39 is 18.0 Å². The van der Waals surface area contributed by atoms with Crippen molar-refractivity contribution in [2.45, 2.75) is 18.1 Å². The molecule has 2 N–H and O–H groups in total. The van der Waals surface area contributed by atoms with Crippen LogP contribution in [0, 0.1) is 0 Å². The number of benzene rings is 1. The molecule has 1 aromatic heterocycles. The summed E-state index contributed by atoms with van der Waals surface area (Å²) in [7, 11) is 1.88. The minimum absolute atomic E-state index is 0.142. The number of carbonyl (C=O) groups is 2. The van der Waals surface area contributed by atoms with Gasteiger partial charge < -0.3 is 29.4 Å². The van der Waals surface area contributed by atoms with E-state index in [0.29, 0.717) is 34.1 Å². The zero-order valence-electron chi connectivity index (χ0n) is 15.9. The van der Waals surface area contributed by atoms with Gasteiger partial charge in [-0.25, -0.2) is 14.6 Å². The predicted molar refractivity (Wildman–Crippen MR) is 105 cm³/mol. The molecule has 29 heavy (non-hydrogen) atoms. The van der Waals surface area contributed by atoms with Crippen LogP contribution in [0.25, 0.3) is 0 Å². The summed E-state index contributed by atoms with van der Waals surface area (Å²) in [5.74, 6) is 1.06. The summed E-state index contributed by atoms with van der Waals surface area (Å²) in [4.78, 5) is 29.4. The van der Waals surface area contributed by atoms with Gasteiger partial charge in [0.1, 0.15) is 0 Å². The lowest BCUT2D eigenvalue weighted by atomic mass is 9.95. The summed E-state index contributed by atoms with van der Waals surface area (Å²) >= 11 is 1.42. The van der Waals surface area contributed by atoms with E-state index in [4.69, 9.17) is 14.2 Å². The number of nitrogens with zero attached hydrogens (tertiary/aromatic N) is 2. The van der Waals surface area contributed by atoms with E-state index in [9.17, 15) is 9.59 Å². The Bertz CT molecular complexity index is 987. The van der Waals surface area contributed by atoms with Crippen LogP contribution < -0.4 is 20.1 Å². The number of carbonyl (C=O) groups excluding carboxylic acids is 2. The number of aryl methyl sites for hydroxylation is 1. The average molecular weight is 416 g/mol. The monoisotopic (exact) mass is 416 g/mol. The summed E-state index contributed by atoms with van der Waals surface area (Å²) in [6.07, 6.45) is 3.53. The lowest BCUT2D eigenvalue weighted by molar-refractivity contribution is -0.139. The molecule has 1 atom stereocenters. The number of thioether (sulfide) groups is 1. The zero-order chi connectivity index (χ0) is 20.4. The van der Waals surface area contributed by atoms with Gasteiger partial charge in [-0.2, -0.15) is 0 Å². The maximum Gasteiger partial charge on any atom is 0.338 e. The molecule has 9 nitrogen and oxygen atoms in total. The first-order chi connectivity index (χ1) is 14.1. The van der Waals surface area contributed by atoms with Crippen molar-refractivity contribution in [2.24, 2.45) is 7.05 Å². The molecule has 2 aliphatic heterocycles. The molecule has 0 unspecified atom stereocenters. The van der Waals surface area contributed by atoms with Gasteiger partial charge in [0.15, 0.2) is 16.7 Å². The van der Waals surface area contributed by atoms with Gasteiger partial charge in [0.2, 0.25) is 6.79 Å². The molecule has 4 rings (SSSR count). The van der Waals surface area contributed by atoms with Crippen molar-refractivity contribution in [1.29, 1.82) is 0 Å². The lowest BCUT2D eigenvalue weighted by Crippen LogP contribution is -2.46. The van der Waals surface area contributed by atoms with Crippen LogP contribution in [0.1, 0.15) is 18.5 Å². The van der Waals surface area contributed by atoms with E-state index in [0.717, 1.165) is 5.16 Å². The Balaban J connectivity index is 1.70. The predicted octanol–water partition coefficient (Wildman–Crippen LogP) is 2.11. The maximum absolute atomic E-state index is 12.8. The highest BCUT2D eigenvalue weighted by Gasteiger charge is 2.34. The van der Waals surface area contributed by atoms with Gasteiger partial charge in [-0.1, -0.05) is 17.8 Å². The maximum atomic E-state index is 12.8. The number of esters is 1. The summed E-state index contributed by atoms with van der Waals surface area (Å²) in [5, 5.41) is 6.34. The van der Waals surface area contributed by atoms with Crippen molar-refractivity contribution in [2.75, 3.05) is 19.2 Å². The third-order valence-corrected chi connectivity index (χ3v) is 5.59. The van der Waals surface area contributed by atoms with Crippen LogP contribution in [0.15, 0.2) is 47.0 Å². The Labute approximate surface area is 171 Å². The van der Waals surface area contributed by atoms with E-state index in [1.807, 2.05) is 17.8 Å². The number of rotatable bonds is 6. The normalized spacial score (nSPS) is 17.7. The fourth-order valence-electron chi connectivity index (χ4n) is 3.15. The number of hydrogen-bond donors (Lipinski definition) is 2. The molecule has 0 spiro atoms. The fraction of sp³-hybridized carbons (Fsp3) is 0.316. The fourth-order valence-corrected chi connectivity index (χ4v) is 4.05. The SMILES string of the molecule is CCOC(=O)C1=C(CSc2nccn2C)NC(=O)N[C@@H]1c1ccc2c(c1)OCO2. The Morgan fingerprint density at radius 1 is 1.38 bits per heavy atom. The van der Waals surface area contributed by atoms with Crippen LogP contribution in [0.5, 0.6) is 11.5 Å². The topological polar surface area (TPSA) is 104 Å². The largest absolute Gasteiger partial charge is 0.463 e. The molecule has 2 aliphatic rings. The van der Waals surface area contributed by atoms with Gasteiger partial charge in [0.05, 0.1) is 18.2 Å². The molecular formula is C19H20N4O5S. The second-order valence-electron chi connectivity index (χ2n) is 6.37. The van der Waals surface area contributed by atoms with Gasteiger partial charge in [0, 0.05) is 30.9 Å². The highest BCUT2D eigenvalue weighted by Crippen LogP contribution is 2.37. The van der Waals surface area contributed by atoms with Crippen LogP contribution in [-0.4, -0.2) is 40.7 Å². The van der Waals surface area contributed by atoms with Crippen molar-refractivity contribution >= 4 is 23.8 Å². The number of amides is 2. The molecule has 1 aromatic carbocycles. The third-order valence-electron chi connectivity index (χ3n) is 4.50.